The summed E-state index contributed by atoms with van der Waals surface area (Å²) in [6.45, 7) is 0. The smallest absolute Gasteiger partial charge is 0.371 e. The van der Waals surface area contributed by atoms with Gasteiger partial charge in [0.1, 0.15) is 5.75 Å². The molecule has 1 aliphatic carbocycles. The second-order valence-corrected chi connectivity index (χ2v) is 5.25. The van der Waals surface area contributed by atoms with Gasteiger partial charge in [0.05, 0.1) is 0 Å². The number of benzene rings is 1. The number of rotatable bonds is 3. The highest BCUT2D eigenvalue weighted by Gasteiger charge is 2.21. The van der Waals surface area contributed by atoms with Crippen molar-refractivity contribution in [1.82, 2.24) is 0 Å². The predicted octanol–water partition coefficient (Wildman–Crippen LogP) is 1.93. The fraction of sp³-hybridized carbons (Fsp3) is 0.455. The van der Waals surface area contributed by atoms with Gasteiger partial charge in [0, 0.05) is 0 Å². The lowest BCUT2D eigenvalue weighted by molar-refractivity contribution is 0.481. The van der Waals surface area contributed by atoms with E-state index in [1.165, 1.54) is 12.8 Å². The molecule has 1 aromatic rings. The van der Waals surface area contributed by atoms with Gasteiger partial charge in [-0.3, -0.25) is 0 Å². The van der Waals surface area contributed by atoms with Crippen molar-refractivity contribution in [2.75, 3.05) is 0 Å². The molecule has 0 spiro atoms. The first-order valence-corrected chi connectivity index (χ1v) is 6.84. The molecular weight excluding hydrogens is 226 g/mol. The monoisotopic (exact) mass is 241 g/mol. The van der Waals surface area contributed by atoms with E-state index in [9.17, 15) is 8.42 Å². The van der Waals surface area contributed by atoms with E-state index < -0.39 is 10.3 Å². The first kappa shape index (κ1) is 11.4. The van der Waals surface area contributed by atoms with Gasteiger partial charge < -0.3 is 4.18 Å². The highest BCUT2D eigenvalue weighted by Crippen LogP contribution is 2.38. The minimum absolute atomic E-state index is 0.372. The zero-order chi connectivity index (χ0) is 11.6. The molecule has 0 aromatic heterocycles. The second kappa shape index (κ2) is 4.43. The first-order valence-electron chi connectivity index (χ1n) is 5.37. The van der Waals surface area contributed by atoms with Crippen molar-refractivity contribution in [3.05, 3.63) is 29.8 Å². The van der Waals surface area contributed by atoms with Crippen LogP contribution in [0.5, 0.6) is 5.75 Å². The molecule has 1 saturated carbocycles. The summed E-state index contributed by atoms with van der Waals surface area (Å²) in [7, 11) is -3.93. The molecule has 0 atom stereocenters. The topological polar surface area (TPSA) is 69.4 Å². The summed E-state index contributed by atoms with van der Waals surface area (Å²) in [5, 5.41) is 4.89. The van der Waals surface area contributed by atoms with Gasteiger partial charge in [-0.2, -0.15) is 13.6 Å². The van der Waals surface area contributed by atoms with Gasteiger partial charge in [-0.15, -0.1) is 0 Å². The lowest BCUT2D eigenvalue weighted by Gasteiger charge is -2.14. The van der Waals surface area contributed by atoms with Crippen molar-refractivity contribution in [3.63, 3.8) is 0 Å². The van der Waals surface area contributed by atoms with Gasteiger partial charge in [-0.1, -0.05) is 31.0 Å². The van der Waals surface area contributed by atoms with Crippen LogP contribution < -0.4 is 9.32 Å². The van der Waals surface area contributed by atoms with E-state index in [-0.39, 0.29) is 0 Å². The van der Waals surface area contributed by atoms with Crippen LogP contribution in [-0.2, 0) is 10.3 Å². The second-order valence-electron chi connectivity index (χ2n) is 4.10. The van der Waals surface area contributed by atoms with Crippen LogP contribution in [0.2, 0.25) is 0 Å². The summed E-state index contributed by atoms with van der Waals surface area (Å²) in [6, 6.07) is 7.21. The Morgan fingerprint density at radius 3 is 2.44 bits per heavy atom. The molecule has 0 radical (unpaired) electrons. The molecule has 0 amide bonds. The van der Waals surface area contributed by atoms with Gasteiger partial charge in [-0.25, -0.2) is 0 Å². The van der Waals surface area contributed by atoms with Crippen LogP contribution in [0, 0.1) is 0 Å². The summed E-state index contributed by atoms with van der Waals surface area (Å²) >= 11 is 0. The van der Waals surface area contributed by atoms with Gasteiger partial charge in [0.15, 0.2) is 0 Å². The van der Waals surface area contributed by atoms with E-state index in [2.05, 4.69) is 0 Å². The Hall–Kier alpha value is -1.07. The molecule has 0 saturated heterocycles. The standard InChI is InChI=1S/C11H15NO3S/c12-16(13,14)15-11-8-4-3-7-10(11)9-5-1-2-6-9/h3-4,7-9H,1-2,5-6H2,(H2,12,13,14). The van der Waals surface area contributed by atoms with Crippen LogP contribution in [-0.4, -0.2) is 8.42 Å². The predicted molar refractivity (Wildman–Crippen MR) is 61.4 cm³/mol. The Bertz CT molecular complexity index is 464. The van der Waals surface area contributed by atoms with Crippen LogP contribution in [0.15, 0.2) is 24.3 Å². The largest absolute Gasteiger partial charge is 0.380 e. The summed E-state index contributed by atoms with van der Waals surface area (Å²) < 4.78 is 26.6. The molecule has 88 valence electrons. The third-order valence-electron chi connectivity index (χ3n) is 2.92. The molecule has 0 aliphatic heterocycles. The van der Waals surface area contributed by atoms with E-state index in [0.717, 1.165) is 18.4 Å². The number of hydrogen-bond acceptors (Lipinski definition) is 3. The van der Waals surface area contributed by atoms with Crippen molar-refractivity contribution in [1.29, 1.82) is 0 Å². The van der Waals surface area contributed by atoms with E-state index in [4.69, 9.17) is 9.32 Å². The minimum atomic E-state index is -3.93. The third kappa shape index (κ3) is 2.74. The maximum Gasteiger partial charge on any atom is 0.380 e. The minimum Gasteiger partial charge on any atom is -0.371 e. The van der Waals surface area contributed by atoms with Crippen LogP contribution in [0.1, 0.15) is 37.2 Å². The lowest BCUT2D eigenvalue weighted by atomic mass is 9.97. The molecule has 16 heavy (non-hydrogen) atoms. The summed E-state index contributed by atoms with van der Waals surface area (Å²) in [4.78, 5) is 0. The van der Waals surface area contributed by atoms with E-state index in [0.29, 0.717) is 11.7 Å². The molecule has 1 aliphatic rings. The highest BCUT2D eigenvalue weighted by atomic mass is 32.2. The molecule has 4 nitrogen and oxygen atoms in total. The molecule has 0 bridgehead atoms. The molecule has 0 unspecified atom stereocenters. The fourth-order valence-electron chi connectivity index (χ4n) is 2.26. The molecular formula is C11H15NO3S. The Morgan fingerprint density at radius 1 is 1.19 bits per heavy atom. The summed E-state index contributed by atoms with van der Waals surface area (Å²) in [5.74, 6) is 0.773. The number of hydrogen-bond donors (Lipinski definition) is 1. The van der Waals surface area contributed by atoms with Crippen molar-refractivity contribution in [2.24, 2.45) is 5.14 Å². The average molecular weight is 241 g/mol. The molecule has 1 aromatic carbocycles. The molecule has 2 rings (SSSR count). The quantitative estimate of drug-likeness (QED) is 0.879. The molecule has 2 N–H and O–H groups in total. The highest BCUT2D eigenvalue weighted by molar-refractivity contribution is 7.84. The van der Waals surface area contributed by atoms with Crippen LogP contribution in [0.3, 0.4) is 0 Å². The third-order valence-corrected chi connectivity index (χ3v) is 3.33. The SMILES string of the molecule is NS(=O)(=O)Oc1ccccc1C1CCCC1. The van der Waals surface area contributed by atoms with Crippen molar-refractivity contribution < 1.29 is 12.6 Å². The fourth-order valence-corrected chi connectivity index (χ4v) is 2.66. The Morgan fingerprint density at radius 2 is 1.81 bits per heavy atom. The summed E-state index contributed by atoms with van der Waals surface area (Å²) in [6.07, 6.45) is 4.55. The normalized spacial score (nSPS) is 17.6. The Labute approximate surface area is 95.7 Å². The van der Waals surface area contributed by atoms with Crippen LogP contribution >= 0.6 is 0 Å². The Balaban J connectivity index is 2.30. The van der Waals surface area contributed by atoms with Crippen LogP contribution in [0.25, 0.3) is 0 Å². The van der Waals surface area contributed by atoms with Crippen molar-refractivity contribution in [2.45, 2.75) is 31.6 Å². The van der Waals surface area contributed by atoms with Gasteiger partial charge in [-0.05, 0) is 30.4 Å². The van der Waals surface area contributed by atoms with Gasteiger partial charge in [0.2, 0.25) is 0 Å². The zero-order valence-corrected chi connectivity index (χ0v) is 9.74. The molecule has 0 heterocycles. The number of nitrogens with two attached hydrogens (primary N) is 1. The van der Waals surface area contributed by atoms with Crippen LogP contribution in [0.4, 0.5) is 0 Å². The zero-order valence-electron chi connectivity index (χ0n) is 8.93. The average Bonchev–Trinajstić information content (AvgIpc) is 2.69. The molecule has 1 fully saturated rings. The van der Waals surface area contributed by atoms with Crippen molar-refractivity contribution in [3.8, 4) is 5.75 Å². The number of para-hydroxylation sites is 1. The lowest BCUT2D eigenvalue weighted by Crippen LogP contribution is -2.19. The van der Waals surface area contributed by atoms with E-state index in [1.807, 2.05) is 12.1 Å². The first-order chi connectivity index (χ1) is 7.56. The van der Waals surface area contributed by atoms with E-state index in [1.54, 1.807) is 12.1 Å². The summed E-state index contributed by atoms with van der Waals surface area (Å²) in [5.41, 5.74) is 0.953. The van der Waals surface area contributed by atoms with Gasteiger partial charge >= 0.3 is 10.3 Å². The maximum absolute atomic E-state index is 10.9. The van der Waals surface area contributed by atoms with Gasteiger partial charge in [0.25, 0.3) is 0 Å². The van der Waals surface area contributed by atoms with Crippen molar-refractivity contribution >= 4 is 10.3 Å². The van der Waals surface area contributed by atoms with E-state index >= 15 is 0 Å². The molecule has 5 heteroatoms. The maximum atomic E-state index is 10.9. The Kier molecular flexibility index (Phi) is 3.16.